The van der Waals surface area contributed by atoms with Gasteiger partial charge in [-0.25, -0.2) is 9.97 Å². The number of allylic oxidation sites excluding steroid dienone is 1. The fraction of sp³-hybridized carbons (Fsp3) is 0.292. The Morgan fingerprint density at radius 1 is 1.27 bits per heavy atom. The van der Waals surface area contributed by atoms with Gasteiger partial charge in [0.2, 0.25) is 5.95 Å². The third kappa shape index (κ3) is 4.60. The van der Waals surface area contributed by atoms with Gasteiger partial charge >= 0.3 is 0 Å². The Morgan fingerprint density at radius 3 is 2.70 bits per heavy atom. The van der Waals surface area contributed by atoms with Crippen LogP contribution in [0.25, 0.3) is 16.7 Å². The average molecular weight is 445 g/mol. The summed E-state index contributed by atoms with van der Waals surface area (Å²) in [5.74, 6) is 0.648. The standard InChI is InChI=1S/C24H25FN8/c1-27-12-18(13-28-2)19-4-5-20(17-3-6-22(25)29-14-17)23(21(19)11-26)33-9-7-16(8-10-33)24-30-15-31-32-24/h3-6,12-16,27H,7-10H2,1-2H3,(H,30,31,32)/b18-12+,28-13?. The lowest BCUT2D eigenvalue weighted by Gasteiger charge is -2.35. The van der Waals surface area contributed by atoms with Crippen LogP contribution in [-0.2, 0) is 0 Å². The highest BCUT2D eigenvalue weighted by Crippen LogP contribution is 2.40. The zero-order valence-corrected chi connectivity index (χ0v) is 18.6. The second-order valence-electron chi connectivity index (χ2n) is 7.77. The van der Waals surface area contributed by atoms with E-state index in [1.807, 2.05) is 25.4 Å². The number of nitriles is 1. The molecule has 0 radical (unpaired) electrons. The SMILES string of the molecule is CN=C/C(=C\NC)c1ccc(-c2ccc(F)nc2)c(N2CCC(c3ncn[nH]3)CC2)c1C#N. The minimum Gasteiger partial charge on any atom is -0.393 e. The summed E-state index contributed by atoms with van der Waals surface area (Å²) in [6.07, 6.45) is 8.34. The van der Waals surface area contributed by atoms with E-state index in [1.54, 1.807) is 19.3 Å². The van der Waals surface area contributed by atoms with Crippen molar-refractivity contribution in [3.05, 3.63) is 65.9 Å². The van der Waals surface area contributed by atoms with Gasteiger partial charge in [-0.15, -0.1) is 0 Å². The topological polar surface area (TPSA) is 106 Å². The van der Waals surface area contributed by atoms with Crippen LogP contribution in [0.4, 0.5) is 10.1 Å². The molecule has 1 aromatic carbocycles. The van der Waals surface area contributed by atoms with E-state index in [-0.39, 0.29) is 0 Å². The number of nitrogens with zero attached hydrogens (tertiary/aromatic N) is 6. The zero-order valence-electron chi connectivity index (χ0n) is 18.6. The number of halogens is 1. The lowest BCUT2D eigenvalue weighted by molar-refractivity contribution is 0.487. The van der Waals surface area contributed by atoms with Gasteiger partial charge in [0, 0.05) is 74.0 Å². The van der Waals surface area contributed by atoms with Crippen molar-refractivity contribution in [3.63, 3.8) is 0 Å². The zero-order chi connectivity index (χ0) is 23.2. The predicted molar refractivity (Wildman–Crippen MR) is 126 cm³/mol. The highest BCUT2D eigenvalue weighted by atomic mass is 19.1. The monoisotopic (exact) mass is 444 g/mol. The molecule has 0 spiro atoms. The molecule has 168 valence electrons. The number of piperidine rings is 1. The summed E-state index contributed by atoms with van der Waals surface area (Å²) < 4.78 is 13.5. The molecular formula is C24H25FN8. The summed E-state index contributed by atoms with van der Waals surface area (Å²) in [6.45, 7) is 1.50. The molecule has 0 unspecified atom stereocenters. The van der Waals surface area contributed by atoms with Gasteiger partial charge in [-0.1, -0.05) is 12.1 Å². The molecular weight excluding hydrogens is 419 g/mol. The molecule has 8 nitrogen and oxygen atoms in total. The number of aromatic amines is 1. The third-order valence-corrected chi connectivity index (χ3v) is 5.84. The normalized spacial score (nSPS) is 15.1. The maximum atomic E-state index is 13.5. The molecule has 1 aliphatic rings. The van der Waals surface area contributed by atoms with Gasteiger partial charge in [-0.3, -0.25) is 10.1 Å². The van der Waals surface area contributed by atoms with Crippen LogP contribution in [0.3, 0.4) is 0 Å². The van der Waals surface area contributed by atoms with Crippen LogP contribution in [0, 0.1) is 17.3 Å². The molecule has 0 saturated carbocycles. The predicted octanol–water partition coefficient (Wildman–Crippen LogP) is 3.52. The van der Waals surface area contributed by atoms with E-state index >= 15 is 0 Å². The highest BCUT2D eigenvalue weighted by molar-refractivity contribution is 6.11. The largest absolute Gasteiger partial charge is 0.393 e. The maximum absolute atomic E-state index is 13.5. The fourth-order valence-corrected chi connectivity index (χ4v) is 4.31. The maximum Gasteiger partial charge on any atom is 0.212 e. The van der Waals surface area contributed by atoms with Gasteiger partial charge in [-0.2, -0.15) is 14.8 Å². The molecule has 0 aliphatic carbocycles. The first kappa shape index (κ1) is 22.1. The number of hydrogen-bond acceptors (Lipinski definition) is 7. The van der Waals surface area contributed by atoms with Gasteiger partial charge in [0.15, 0.2) is 0 Å². The van der Waals surface area contributed by atoms with E-state index in [0.29, 0.717) is 11.5 Å². The quantitative estimate of drug-likeness (QED) is 0.445. The van der Waals surface area contributed by atoms with E-state index in [1.165, 1.54) is 18.6 Å². The Bertz CT molecular complexity index is 1180. The molecule has 9 heteroatoms. The molecule has 1 saturated heterocycles. The van der Waals surface area contributed by atoms with E-state index in [9.17, 15) is 9.65 Å². The highest BCUT2D eigenvalue weighted by Gasteiger charge is 2.27. The van der Waals surface area contributed by atoms with Crippen LogP contribution >= 0.6 is 0 Å². The summed E-state index contributed by atoms with van der Waals surface area (Å²) in [4.78, 5) is 14.5. The fourth-order valence-electron chi connectivity index (χ4n) is 4.31. The Labute approximate surface area is 191 Å². The molecule has 0 bridgehead atoms. The second kappa shape index (κ2) is 10.0. The van der Waals surface area contributed by atoms with Crippen molar-refractivity contribution < 1.29 is 4.39 Å². The Kier molecular flexibility index (Phi) is 6.74. The van der Waals surface area contributed by atoms with Gasteiger partial charge in [0.25, 0.3) is 0 Å². The van der Waals surface area contributed by atoms with E-state index < -0.39 is 5.95 Å². The number of benzene rings is 1. The smallest absolute Gasteiger partial charge is 0.212 e. The Hall–Kier alpha value is -4.06. The number of aliphatic imine (C=N–C) groups is 1. The molecule has 1 aliphatic heterocycles. The summed E-state index contributed by atoms with van der Waals surface area (Å²) in [5.41, 5.74) is 4.57. The molecule has 2 aromatic heterocycles. The van der Waals surface area contributed by atoms with Crippen molar-refractivity contribution >= 4 is 17.5 Å². The van der Waals surface area contributed by atoms with Crippen LogP contribution in [0.1, 0.15) is 35.7 Å². The van der Waals surface area contributed by atoms with E-state index in [2.05, 4.69) is 41.4 Å². The number of anilines is 1. The molecule has 0 atom stereocenters. The van der Waals surface area contributed by atoms with Crippen LogP contribution in [-0.4, -0.2) is 53.6 Å². The van der Waals surface area contributed by atoms with Crippen molar-refractivity contribution in [3.8, 4) is 17.2 Å². The lowest BCUT2D eigenvalue weighted by Crippen LogP contribution is -2.34. The van der Waals surface area contributed by atoms with Crippen molar-refractivity contribution in [1.29, 1.82) is 5.26 Å². The molecule has 3 heterocycles. The number of rotatable bonds is 6. The van der Waals surface area contributed by atoms with Crippen molar-refractivity contribution in [2.75, 3.05) is 32.1 Å². The van der Waals surface area contributed by atoms with Gasteiger partial charge in [0.05, 0.1) is 11.3 Å². The minimum atomic E-state index is -0.538. The van der Waals surface area contributed by atoms with Crippen LogP contribution in [0.15, 0.2) is 48.0 Å². The average Bonchev–Trinajstić information content (AvgIpc) is 3.39. The first-order chi connectivity index (χ1) is 16.2. The molecule has 0 amide bonds. The summed E-state index contributed by atoms with van der Waals surface area (Å²) in [7, 11) is 3.51. The number of hydrogen-bond donors (Lipinski definition) is 2. The molecule has 33 heavy (non-hydrogen) atoms. The first-order valence-electron chi connectivity index (χ1n) is 10.8. The lowest BCUT2D eigenvalue weighted by atomic mass is 9.90. The number of nitrogens with one attached hydrogen (secondary N) is 2. The summed E-state index contributed by atoms with van der Waals surface area (Å²) >= 11 is 0. The Morgan fingerprint density at radius 2 is 2.09 bits per heavy atom. The van der Waals surface area contributed by atoms with Gasteiger partial charge < -0.3 is 10.2 Å². The van der Waals surface area contributed by atoms with E-state index in [4.69, 9.17) is 0 Å². The van der Waals surface area contributed by atoms with Crippen molar-refractivity contribution in [2.45, 2.75) is 18.8 Å². The minimum absolute atomic E-state index is 0.292. The van der Waals surface area contributed by atoms with Crippen molar-refractivity contribution in [2.24, 2.45) is 4.99 Å². The van der Waals surface area contributed by atoms with Gasteiger partial charge in [0.1, 0.15) is 18.2 Å². The first-order valence-corrected chi connectivity index (χ1v) is 10.8. The number of pyridine rings is 1. The second-order valence-corrected chi connectivity index (χ2v) is 7.77. The van der Waals surface area contributed by atoms with Crippen molar-refractivity contribution in [1.82, 2.24) is 25.5 Å². The number of aromatic nitrogens is 4. The van der Waals surface area contributed by atoms with E-state index in [0.717, 1.165) is 59.7 Å². The van der Waals surface area contributed by atoms with Crippen LogP contribution in [0.2, 0.25) is 0 Å². The molecule has 1 fully saturated rings. The van der Waals surface area contributed by atoms with Crippen LogP contribution < -0.4 is 10.2 Å². The Balaban J connectivity index is 1.81. The third-order valence-electron chi connectivity index (χ3n) is 5.84. The molecule has 3 aromatic rings. The van der Waals surface area contributed by atoms with Crippen LogP contribution in [0.5, 0.6) is 0 Å². The molecule has 4 rings (SSSR count). The number of H-pyrrole nitrogens is 1. The molecule has 2 N–H and O–H groups in total. The summed E-state index contributed by atoms with van der Waals surface area (Å²) in [5, 5.41) is 20.2. The van der Waals surface area contributed by atoms with Gasteiger partial charge in [-0.05, 0) is 25.0 Å². The summed E-state index contributed by atoms with van der Waals surface area (Å²) in [6, 6.07) is 9.34.